The standard InChI is InChI=1S/C26H30N6O3/c1-16(2)35-23-10-9-20(15-29-23)30-25(33)24(27-4)22-12-18(8-7-17(22)3)19-11-21(14-28-13-19)31-26(34)32(5)6/h7-16H,1-6H3,(H,30,33)(H,31,34). The van der Waals surface area contributed by atoms with Crippen molar-refractivity contribution in [3.05, 3.63) is 66.1 Å². The summed E-state index contributed by atoms with van der Waals surface area (Å²) in [6, 6.07) is 10.8. The molecular weight excluding hydrogens is 444 g/mol. The van der Waals surface area contributed by atoms with E-state index in [-0.39, 0.29) is 23.8 Å². The molecule has 0 bridgehead atoms. The van der Waals surface area contributed by atoms with E-state index in [0.29, 0.717) is 22.8 Å². The minimum atomic E-state index is -0.350. The molecule has 182 valence electrons. The number of carbonyl (C=O) groups is 2. The minimum absolute atomic E-state index is 0.0113. The van der Waals surface area contributed by atoms with Crippen LogP contribution in [0.2, 0.25) is 0 Å². The Bertz CT molecular complexity index is 1240. The summed E-state index contributed by atoms with van der Waals surface area (Å²) in [6.07, 6.45) is 4.84. The summed E-state index contributed by atoms with van der Waals surface area (Å²) in [5.74, 6) is 0.140. The third-order valence-electron chi connectivity index (χ3n) is 5.01. The van der Waals surface area contributed by atoms with Crippen molar-refractivity contribution in [1.29, 1.82) is 0 Å². The highest BCUT2D eigenvalue weighted by atomic mass is 16.5. The SMILES string of the molecule is CN=C(C(=O)Nc1ccc(OC(C)C)nc1)c1cc(-c2cncc(NC(=O)N(C)C)c2)ccc1C. The van der Waals surface area contributed by atoms with Crippen LogP contribution in [0.4, 0.5) is 16.2 Å². The van der Waals surface area contributed by atoms with Crippen molar-refractivity contribution in [1.82, 2.24) is 14.9 Å². The van der Waals surface area contributed by atoms with E-state index in [2.05, 4.69) is 25.6 Å². The molecule has 0 saturated carbocycles. The van der Waals surface area contributed by atoms with Crippen LogP contribution in [-0.4, -0.2) is 59.8 Å². The number of carbonyl (C=O) groups excluding carboxylic acids is 2. The highest BCUT2D eigenvalue weighted by Crippen LogP contribution is 2.25. The predicted octanol–water partition coefficient (Wildman–Crippen LogP) is 4.39. The van der Waals surface area contributed by atoms with E-state index < -0.39 is 0 Å². The topological polar surface area (TPSA) is 109 Å². The molecule has 0 aliphatic heterocycles. The van der Waals surface area contributed by atoms with Gasteiger partial charge in [-0.2, -0.15) is 0 Å². The highest BCUT2D eigenvalue weighted by Gasteiger charge is 2.17. The molecule has 0 aliphatic rings. The maximum atomic E-state index is 13.1. The van der Waals surface area contributed by atoms with Gasteiger partial charge in [-0.15, -0.1) is 0 Å². The number of anilines is 2. The lowest BCUT2D eigenvalue weighted by atomic mass is 9.97. The molecule has 0 fully saturated rings. The van der Waals surface area contributed by atoms with E-state index in [9.17, 15) is 9.59 Å². The monoisotopic (exact) mass is 474 g/mol. The van der Waals surface area contributed by atoms with Gasteiger partial charge in [-0.25, -0.2) is 9.78 Å². The molecule has 9 heteroatoms. The third kappa shape index (κ3) is 6.63. The Morgan fingerprint density at radius 2 is 1.74 bits per heavy atom. The lowest BCUT2D eigenvalue weighted by Crippen LogP contribution is -2.27. The molecule has 0 atom stereocenters. The second-order valence-electron chi connectivity index (χ2n) is 8.39. The predicted molar refractivity (Wildman–Crippen MR) is 138 cm³/mol. The first-order chi connectivity index (χ1) is 16.7. The van der Waals surface area contributed by atoms with Gasteiger partial charge < -0.3 is 20.3 Å². The zero-order valence-electron chi connectivity index (χ0n) is 20.8. The van der Waals surface area contributed by atoms with E-state index in [4.69, 9.17) is 4.74 Å². The Balaban J connectivity index is 1.84. The van der Waals surface area contributed by atoms with Crippen LogP contribution < -0.4 is 15.4 Å². The average molecular weight is 475 g/mol. The summed E-state index contributed by atoms with van der Waals surface area (Å²) >= 11 is 0. The molecular formula is C26H30N6O3. The van der Waals surface area contributed by atoms with E-state index in [1.807, 2.05) is 45.0 Å². The smallest absolute Gasteiger partial charge is 0.321 e. The van der Waals surface area contributed by atoms with E-state index in [1.54, 1.807) is 51.9 Å². The molecule has 3 rings (SSSR count). The van der Waals surface area contributed by atoms with Crippen LogP contribution in [0.1, 0.15) is 25.0 Å². The number of urea groups is 1. The van der Waals surface area contributed by atoms with Gasteiger partial charge in [0.2, 0.25) is 5.88 Å². The number of aromatic nitrogens is 2. The lowest BCUT2D eigenvalue weighted by molar-refractivity contribution is -0.110. The number of pyridine rings is 2. The van der Waals surface area contributed by atoms with E-state index >= 15 is 0 Å². The van der Waals surface area contributed by atoms with Crippen LogP contribution in [0, 0.1) is 6.92 Å². The van der Waals surface area contributed by atoms with Crippen LogP contribution >= 0.6 is 0 Å². The van der Waals surface area contributed by atoms with E-state index in [1.165, 1.54) is 4.90 Å². The van der Waals surface area contributed by atoms with Gasteiger partial charge in [0.25, 0.3) is 5.91 Å². The van der Waals surface area contributed by atoms with Crippen LogP contribution in [-0.2, 0) is 4.79 Å². The second-order valence-corrected chi connectivity index (χ2v) is 8.39. The third-order valence-corrected chi connectivity index (χ3v) is 5.01. The molecule has 9 nitrogen and oxygen atoms in total. The number of hydrogen-bond donors (Lipinski definition) is 2. The summed E-state index contributed by atoms with van der Waals surface area (Å²) in [7, 11) is 4.91. The first-order valence-electron chi connectivity index (χ1n) is 11.1. The molecule has 0 saturated heterocycles. The van der Waals surface area contributed by atoms with Gasteiger partial charge in [-0.05, 0) is 50.1 Å². The molecule has 0 spiro atoms. The molecule has 2 N–H and O–H groups in total. The molecule has 1 aromatic carbocycles. The van der Waals surface area contributed by atoms with Crippen LogP contribution in [0.3, 0.4) is 0 Å². The summed E-state index contributed by atoms with van der Waals surface area (Å²) < 4.78 is 5.55. The second kappa shape index (κ2) is 11.2. The number of aliphatic imine (C=N–C) groups is 1. The van der Waals surface area contributed by atoms with Crippen molar-refractivity contribution in [2.75, 3.05) is 31.8 Å². The van der Waals surface area contributed by atoms with Gasteiger partial charge in [-0.1, -0.05) is 12.1 Å². The van der Waals surface area contributed by atoms with Crippen LogP contribution in [0.15, 0.2) is 60.0 Å². The molecule has 3 amide bonds. The van der Waals surface area contributed by atoms with Crippen molar-refractivity contribution in [2.24, 2.45) is 4.99 Å². The number of ether oxygens (including phenoxy) is 1. The number of benzene rings is 1. The largest absolute Gasteiger partial charge is 0.475 e. The quantitative estimate of drug-likeness (QED) is 0.494. The van der Waals surface area contributed by atoms with Crippen LogP contribution in [0.5, 0.6) is 5.88 Å². The first-order valence-corrected chi connectivity index (χ1v) is 11.1. The zero-order valence-corrected chi connectivity index (χ0v) is 20.8. The number of amides is 3. The molecule has 35 heavy (non-hydrogen) atoms. The summed E-state index contributed by atoms with van der Waals surface area (Å²) in [5.41, 5.74) is 4.62. The van der Waals surface area contributed by atoms with Gasteiger partial charge in [0.15, 0.2) is 0 Å². The fourth-order valence-corrected chi connectivity index (χ4v) is 3.26. The average Bonchev–Trinajstić information content (AvgIpc) is 2.81. The number of nitrogens with one attached hydrogen (secondary N) is 2. The van der Waals surface area contributed by atoms with Crippen molar-refractivity contribution >= 4 is 29.0 Å². The lowest BCUT2D eigenvalue weighted by Gasteiger charge is -2.14. The van der Waals surface area contributed by atoms with E-state index in [0.717, 1.165) is 16.7 Å². The first kappa shape index (κ1) is 25.4. The fraction of sp³-hybridized carbons (Fsp3) is 0.269. The minimum Gasteiger partial charge on any atom is -0.475 e. The number of nitrogens with zero attached hydrogens (tertiary/aromatic N) is 4. The molecule has 2 heterocycles. The molecule has 2 aromatic heterocycles. The Morgan fingerprint density at radius 1 is 0.971 bits per heavy atom. The number of aryl methyl sites for hydroxylation is 1. The Kier molecular flexibility index (Phi) is 8.14. The molecule has 0 aliphatic carbocycles. The summed E-state index contributed by atoms with van der Waals surface area (Å²) in [5, 5.41) is 5.64. The van der Waals surface area contributed by atoms with Gasteiger partial charge >= 0.3 is 6.03 Å². The van der Waals surface area contributed by atoms with Gasteiger partial charge in [0.1, 0.15) is 5.71 Å². The normalized spacial score (nSPS) is 11.2. The highest BCUT2D eigenvalue weighted by molar-refractivity contribution is 6.49. The van der Waals surface area contributed by atoms with Gasteiger partial charge in [0, 0.05) is 44.5 Å². The fourth-order valence-electron chi connectivity index (χ4n) is 3.26. The molecule has 0 unspecified atom stereocenters. The summed E-state index contributed by atoms with van der Waals surface area (Å²) in [6.45, 7) is 5.76. The maximum Gasteiger partial charge on any atom is 0.321 e. The Labute approximate surface area is 205 Å². The number of rotatable bonds is 7. The Hall–Kier alpha value is -4.27. The van der Waals surface area contributed by atoms with Crippen LogP contribution in [0.25, 0.3) is 11.1 Å². The molecule has 0 radical (unpaired) electrons. The van der Waals surface area contributed by atoms with Gasteiger partial charge in [0.05, 0.1) is 29.9 Å². The zero-order chi connectivity index (χ0) is 25.5. The maximum absolute atomic E-state index is 13.1. The van der Waals surface area contributed by atoms with Crippen molar-refractivity contribution in [3.63, 3.8) is 0 Å². The molecule has 3 aromatic rings. The van der Waals surface area contributed by atoms with Crippen molar-refractivity contribution < 1.29 is 14.3 Å². The van der Waals surface area contributed by atoms with Crippen molar-refractivity contribution in [2.45, 2.75) is 26.9 Å². The van der Waals surface area contributed by atoms with Gasteiger partial charge in [-0.3, -0.25) is 14.8 Å². The van der Waals surface area contributed by atoms with Crippen molar-refractivity contribution in [3.8, 4) is 17.0 Å². The summed E-state index contributed by atoms with van der Waals surface area (Å²) in [4.78, 5) is 39.3. The Morgan fingerprint density at radius 3 is 2.37 bits per heavy atom. The number of hydrogen-bond acceptors (Lipinski definition) is 6.